The number of hydrogen-bond donors (Lipinski definition) is 1. The molecule has 3 aliphatic heterocycles. The Morgan fingerprint density at radius 1 is 1.38 bits per heavy atom. The van der Waals surface area contributed by atoms with Gasteiger partial charge in [0.15, 0.2) is 11.2 Å². The standard InChI is InChI=1S/C18H25NO7/c1-10-15(21)25-13-6-8-19-7-5-12(14(13)19)9-24-16(22)17(3,23)18(10,4)26-11(2)20/h5,10,13-14,23H,6-9H2,1-4H3/t10-,13+,14+,17-,18-/m0/s1. The number of rotatable bonds is 1. The number of ether oxygens (including phenoxy) is 3. The van der Waals surface area contributed by atoms with Gasteiger partial charge in [-0.25, -0.2) is 4.79 Å². The van der Waals surface area contributed by atoms with Crippen molar-refractivity contribution in [2.75, 3.05) is 19.7 Å². The Morgan fingerprint density at radius 3 is 2.73 bits per heavy atom. The topological polar surface area (TPSA) is 102 Å². The van der Waals surface area contributed by atoms with Crippen LogP contribution in [0.15, 0.2) is 11.6 Å². The van der Waals surface area contributed by atoms with Crippen LogP contribution in [0.4, 0.5) is 0 Å². The Kier molecular flexibility index (Phi) is 4.60. The molecule has 0 spiro atoms. The molecule has 3 aliphatic rings. The summed E-state index contributed by atoms with van der Waals surface area (Å²) in [6, 6.07) is -0.123. The number of esters is 3. The van der Waals surface area contributed by atoms with Crippen LogP contribution >= 0.6 is 0 Å². The molecule has 0 aliphatic carbocycles. The average Bonchev–Trinajstić information content (AvgIpc) is 3.13. The van der Waals surface area contributed by atoms with Crippen molar-refractivity contribution in [1.82, 2.24) is 4.90 Å². The van der Waals surface area contributed by atoms with E-state index in [-0.39, 0.29) is 18.8 Å². The lowest BCUT2D eigenvalue weighted by Crippen LogP contribution is -2.63. The monoisotopic (exact) mass is 367 g/mol. The van der Waals surface area contributed by atoms with Crippen LogP contribution in [-0.4, -0.2) is 71.0 Å². The molecular formula is C18H25NO7. The highest BCUT2D eigenvalue weighted by Gasteiger charge is 2.59. The molecule has 5 atom stereocenters. The minimum Gasteiger partial charge on any atom is -0.460 e. The fourth-order valence-corrected chi connectivity index (χ4v) is 4.00. The largest absolute Gasteiger partial charge is 0.460 e. The molecule has 3 heterocycles. The Morgan fingerprint density at radius 2 is 2.08 bits per heavy atom. The molecule has 8 heteroatoms. The zero-order valence-electron chi connectivity index (χ0n) is 15.5. The van der Waals surface area contributed by atoms with Crippen molar-refractivity contribution >= 4 is 17.9 Å². The van der Waals surface area contributed by atoms with Crippen molar-refractivity contribution in [3.8, 4) is 0 Å². The van der Waals surface area contributed by atoms with Gasteiger partial charge < -0.3 is 19.3 Å². The molecule has 0 saturated carbocycles. The Bertz CT molecular complexity index is 670. The van der Waals surface area contributed by atoms with Gasteiger partial charge in [0, 0.05) is 20.0 Å². The third-order valence-electron chi connectivity index (χ3n) is 5.95. The molecule has 0 unspecified atom stereocenters. The summed E-state index contributed by atoms with van der Waals surface area (Å²) in [5.74, 6) is -3.37. The van der Waals surface area contributed by atoms with E-state index in [0.29, 0.717) is 13.0 Å². The SMILES string of the molecule is CC(=O)O[C@@]1(C)[C@@H](C)C(=O)O[C@@H]2CCN3CC=C(COC(=O)[C@]1(C)O)[C@H]23. The maximum absolute atomic E-state index is 12.8. The van der Waals surface area contributed by atoms with E-state index in [0.717, 1.165) is 19.0 Å². The van der Waals surface area contributed by atoms with Gasteiger partial charge in [-0.3, -0.25) is 14.5 Å². The van der Waals surface area contributed by atoms with Gasteiger partial charge in [0.05, 0.1) is 12.0 Å². The summed E-state index contributed by atoms with van der Waals surface area (Å²) in [5, 5.41) is 10.9. The summed E-state index contributed by atoms with van der Waals surface area (Å²) in [7, 11) is 0. The minimum atomic E-state index is -2.23. The number of carbonyl (C=O) groups excluding carboxylic acids is 3. The molecule has 0 radical (unpaired) electrons. The van der Waals surface area contributed by atoms with E-state index in [1.807, 2.05) is 6.08 Å². The number of hydrogen-bond acceptors (Lipinski definition) is 8. The quantitative estimate of drug-likeness (QED) is 0.398. The fraction of sp³-hybridized carbons (Fsp3) is 0.722. The lowest BCUT2D eigenvalue weighted by Gasteiger charge is -2.42. The van der Waals surface area contributed by atoms with E-state index < -0.39 is 35.0 Å². The van der Waals surface area contributed by atoms with Gasteiger partial charge >= 0.3 is 17.9 Å². The normalized spacial score (nSPS) is 40.8. The predicted octanol–water partition coefficient (Wildman–Crippen LogP) is 0.178. The van der Waals surface area contributed by atoms with E-state index in [1.54, 1.807) is 0 Å². The first kappa shape index (κ1) is 18.8. The highest BCUT2D eigenvalue weighted by atomic mass is 16.6. The number of cyclic esters (lactones) is 1. The molecule has 2 fully saturated rings. The Labute approximate surface area is 152 Å². The second-order valence-electron chi connectivity index (χ2n) is 7.55. The lowest BCUT2D eigenvalue weighted by atomic mass is 9.76. The first-order valence-corrected chi connectivity index (χ1v) is 8.80. The van der Waals surface area contributed by atoms with E-state index >= 15 is 0 Å². The van der Waals surface area contributed by atoms with E-state index in [9.17, 15) is 19.5 Å². The van der Waals surface area contributed by atoms with Gasteiger partial charge in [-0.05, 0) is 32.8 Å². The third kappa shape index (κ3) is 2.81. The van der Waals surface area contributed by atoms with Crippen LogP contribution < -0.4 is 0 Å². The van der Waals surface area contributed by atoms with Gasteiger partial charge in [0.2, 0.25) is 0 Å². The van der Waals surface area contributed by atoms with Crippen molar-refractivity contribution in [1.29, 1.82) is 0 Å². The first-order chi connectivity index (χ1) is 12.1. The summed E-state index contributed by atoms with van der Waals surface area (Å²) in [5.41, 5.74) is -3.21. The molecule has 3 rings (SSSR count). The molecular weight excluding hydrogens is 342 g/mol. The minimum absolute atomic E-state index is 0.00523. The Balaban J connectivity index is 2.01. The van der Waals surface area contributed by atoms with Gasteiger partial charge in [0.25, 0.3) is 0 Å². The molecule has 1 N–H and O–H groups in total. The van der Waals surface area contributed by atoms with E-state index in [4.69, 9.17) is 14.2 Å². The number of aliphatic hydroxyl groups is 1. The number of nitrogens with zero attached hydrogens (tertiary/aromatic N) is 1. The first-order valence-electron chi connectivity index (χ1n) is 8.80. The lowest BCUT2D eigenvalue weighted by molar-refractivity contribution is -0.218. The molecule has 0 amide bonds. The maximum Gasteiger partial charge on any atom is 0.342 e. The highest BCUT2D eigenvalue weighted by Crippen LogP contribution is 2.39. The van der Waals surface area contributed by atoms with Gasteiger partial charge in [0.1, 0.15) is 12.7 Å². The summed E-state index contributed by atoms with van der Waals surface area (Å²) >= 11 is 0. The van der Waals surface area contributed by atoms with Crippen LogP contribution in [-0.2, 0) is 28.6 Å². The van der Waals surface area contributed by atoms with Crippen LogP contribution in [0.2, 0.25) is 0 Å². The van der Waals surface area contributed by atoms with Crippen LogP contribution in [0.3, 0.4) is 0 Å². The zero-order chi connectivity index (χ0) is 19.3. The molecule has 2 saturated heterocycles. The predicted molar refractivity (Wildman–Crippen MR) is 88.9 cm³/mol. The molecule has 8 nitrogen and oxygen atoms in total. The van der Waals surface area contributed by atoms with Crippen LogP contribution in [0.5, 0.6) is 0 Å². The molecule has 0 aromatic rings. The number of carbonyl (C=O) groups is 3. The highest BCUT2D eigenvalue weighted by molar-refractivity contribution is 5.84. The van der Waals surface area contributed by atoms with Crippen molar-refractivity contribution in [3.63, 3.8) is 0 Å². The van der Waals surface area contributed by atoms with Gasteiger partial charge in [-0.15, -0.1) is 0 Å². The van der Waals surface area contributed by atoms with Crippen LogP contribution in [0, 0.1) is 5.92 Å². The van der Waals surface area contributed by atoms with Gasteiger partial charge in [-0.1, -0.05) is 6.08 Å². The van der Waals surface area contributed by atoms with Crippen LogP contribution in [0.1, 0.15) is 34.1 Å². The maximum atomic E-state index is 12.8. The van der Waals surface area contributed by atoms with Crippen molar-refractivity contribution in [2.45, 2.75) is 57.5 Å². The summed E-state index contributed by atoms with van der Waals surface area (Å²) in [4.78, 5) is 39.2. The van der Waals surface area contributed by atoms with Crippen molar-refractivity contribution < 1.29 is 33.7 Å². The summed E-state index contributed by atoms with van der Waals surface area (Å²) in [6.07, 6.45) is 2.27. The van der Waals surface area contributed by atoms with E-state index in [2.05, 4.69) is 4.90 Å². The average molecular weight is 367 g/mol. The Hall–Kier alpha value is -1.93. The smallest absolute Gasteiger partial charge is 0.342 e. The second-order valence-corrected chi connectivity index (χ2v) is 7.55. The van der Waals surface area contributed by atoms with Crippen molar-refractivity contribution in [2.24, 2.45) is 5.92 Å². The summed E-state index contributed by atoms with van der Waals surface area (Å²) in [6.45, 7) is 6.65. The molecule has 0 aromatic heterocycles. The second kappa shape index (κ2) is 6.35. The van der Waals surface area contributed by atoms with E-state index in [1.165, 1.54) is 20.8 Å². The molecule has 144 valence electrons. The van der Waals surface area contributed by atoms with Crippen molar-refractivity contribution in [3.05, 3.63) is 11.6 Å². The molecule has 26 heavy (non-hydrogen) atoms. The van der Waals surface area contributed by atoms with Crippen LogP contribution in [0.25, 0.3) is 0 Å². The fourth-order valence-electron chi connectivity index (χ4n) is 4.00. The third-order valence-corrected chi connectivity index (χ3v) is 5.95. The summed E-state index contributed by atoms with van der Waals surface area (Å²) < 4.78 is 16.3. The molecule has 0 bridgehead atoms. The van der Waals surface area contributed by atoms with Gasteiger partial charge in [-0.2, -0.15) is 0 Å². The molecule has 0 aromatic carbocycles. The zero-order valence-corrected chi connectivity index (χ0v) is 15.5.